The van der Waals surface area contributed by atoms with Crippen LogP contribution in [-0.4, -0.2) is 27.9 Å². The lowest BCUT2D eigenvalue weighted by molar-refractivity contribution is -0.119. The third-order valence-corrected chi connectivity index (χ3v) is 3.40. The normalized spacial score (nSPS) is 10.6. The molecule has 2 heterocycles. The van der Waals surface area contributed by atoms with Gasteiger partial charge in [-0.15, -0.1) is 0 Å². The Morgan fingerprint density at radius 3 is 2.88 bits per heavy atom. The molecule has 0 unspecified atom stereocenters. The summed E-state index contributed by atoms with van der Waals surface area (Å²) < 4.78 is 19.6. The molecule has 8 heteroatoms. The van der Waals surface area contributed by atoms with Crippen LogP contribution in [0.5, 0.6) is 0 Å². The van der Waals surface area contributed by atoms with Crippen molar-refractivity contribution in [3.63, 3.8) is 0 Å². The van der Waals surface area contributed by atoms with Gasteiger partial charge in [-0.2, -0.15) is 0 Å². The first-order chi connectivity index (χ1) is 11.5. The Morgan fingerprint density at radius 2 is 2.12 bits per heavy atom. The Labute approximate surface area is 140 Å². The smallest absolute Gasteiger partial charge is 0.359 e. The molecule has 122 valence electrons. The Balaban J connectivity index is 1.59. The summed E-state index contributed by atoms with van der Waals surface area (Å²) in [6.07, 6.45) is 3.25. The van der Waals surface area contributed by atoms with Crippen LogP contribution < -0.4 is 5.32 Å². The molecule has 6 nitrogen and oxygen atoms in total. The van der Waals surface area contributed by atoms with E-state index in [0.717, 1.165) is 6.07 Å². The van der Waals surface area contributed by atoms with Crippen LogP contribution in [0.4, 0.5) is 10.1 Å². The van der Waals surface area contributed by atoms with E-state index in [-0.39, 0.29) is 10.7 Å². The lowest BCUT2D eigenvalue weighted by Crippen LogP contribution is -2.21. The molecular formula is C16H11ClFN3O3. The molecule has 0 aliphatic rings. The molecule has 0 spiro atoms. The van der Waals surface area contributed by atoms with Gasteiger partial charge in [0.05, 0.1) is 5.02 Å². The number of fused-ring (bicyclic) bond motifs is 1. The predicted molar refractivity (Wildman–Crippen MR) is 85.5 cm³/mol. The van der Waals surface area contributed by atoms with Crippen molar-refractivity contribution in [3.05, 3.63) is 65.3 Å². The highest BCUT2D eigenvalue weighted by Gasteiger charge is 2.14. The molecule has 0 aliphatic heterocycles. The van der Waals surface area contributed by atoms with Gasteiger partial charge in [-0.1, -0.05) is 17.7 Å². The lowest BCUT2D eigenvalue weighted by atomic mass is 10.3. The number of pyridine rings is 1. The van der Waals surface area contributed by atoms with Crippen molar-refractivity contribution in [1.29, 1.82) is 0 Å². The quantitative estimate of drug-likeness (QED) is 0.736. The van der Waals surface area contributed by atoms with E-state index in [9.17, 15) is 14.0 Å². The van der Waals surface area contributed by atoms with E-state index in [0.29, 0.717) is 11.3 Å². The molecule has 3 rings (SSSR count). The van der Waals surface area contributed by atoms with Crippen LogP contribution in [0.3, 0.4) is 0 Å². The second-order valence-electron chi connectivity index (χ2n) is 4.85. The maximum absolute atomic E-state index is 13.0. The van der Waals surface area contributed by atoms with E-state index in [4.69, 9.17) is 16.3 Å². The number of carbonyl (C=O) groups excluding carboxylic acids is 2. The van der Waals surface area contributed by atoms with Crippen molar-refractivity contribution >= 4 is 34.8 Å². The number of esters is 1. The molecule has 24 heavy (non-hydrogen) atoms. The molecule has 0 saturated carbocycles. The zero-order valence-corrected chi connectivity index (χ0v) is 13.0. The van der Waals surface area contributed by atoms with Crippen LogP contribution >= 0.6 is 11.6 Å². The molecule has 0 fully saturated rings. The van der Waals surface area contributed by atoms with Gasteiger partial charge in [0.15, 0.2) is 12.3 Å². The van der Waals surface area contributed by atoms with Gasteiger partial charge in [0.25, 0.3) is 5.91 Å². The number of hydrogen-bond acceptors (Lipinski definition) is 4. The van der Waals surface area contributed by atoms with Gasteiger partial charge in [-0.05, 0) is 30.3 Å². The number of carbonyl (C=O) groups is 2. The summed E-state index contributed by atoms with van der Waals surface area (Å²) in [5, 5.41) is 2.33. The number of hydrogen-bond donors (Lipinski definition) is 1. The third kappa shape index (κ3) is 3.52. The number of rotatable bonds is 4. The molecule has 0 atom stereocenters. The molecule has 1 N–H and O–H groups in total. The highest BCUT2D eigenvalue weighted by Crippen LogP contribution is 2.19. The fraction of sp³-hybridized carbons (Fsp3) is 0.0625. The highest BCUT2D eigenvalue weighted by molar-refractivity contribution is 6.31. The number of amides is 1. The number of nitrogens with zero attached hydrogens (tertiary/aromatic N) is 2. The van der Waals surface area contributed by atoms with Crippen molar-refractivity contribution < 1.29 is 18.7 Å². The maximum Gasteiger partial charge on any atom is 0.359 e. The Kier molecular flexibility index (Phi) is 4.43. The van der Waals surface area contributed by atoms with Crippen molar-refractivity contribution in [2.24, 2.45) is 0 Å². The van der Waals surface area contributed by atoms with Gasteiger partial charge in [0, 0.05) is 18.1 Å². The number of anilines is 1. The molecule has 0 saturated heterocycles. The van der Waals surface area contributed by atoms with Crippen LogP contribution in [0.15, 0.2) is 48.8 Å². The van der Waals surface area contributed by atoms with Gasteiger partial charge < -0.3 is 14.5 Å². The lowest BCUT2D eigenvalue weighted by Gasteiger charge is -2.06. The Hall–Kier alpha value is -2.93. The van der Waals surface area contributed by atoms with Crippen LogP contribution in [0.1, 0.15) is 10.5 Å². The highest BCUT2D eigenvalue weighted by atomic mass is 35.5. The predicted octanol–water partition coefficient (Wildman–Crippen LogP) is 2.92. The fourth-order valence-electron chi connectivity index (χ4n) is 2.01. The minimum Gasteiger partial charge on any atom is -0.451 e. The van der Waals surface area contributed by atoms with E-state index < -0.39 is 24.3 Å². The average molecular weight is 348 g/mol. The number of benzene rings is 1. The zero-order chi connectivity index (χ0) is 17.1. The van der Waals surface area contributed by atoms with Crippen LogP contribution in [-0.2, 0) is 9.53 Å². The van der Waals surface area contributed by atoms with E-state index in [1.807, 2.05) is 0 Å². The van der Waals surface area contributed by atoms with Crippen LogP contribution in [0.2, 0.25) is 5.02 Å². The number of ether oxygens (including phenoxy) is 1. The van der Waals surface area contributed by atoms with Gasteiger partial charge in [0.1, 0.15) is 11.5 Å². The summed E-state index contributed by atoms with van der Waals surface area (Å²) in [5.41, 5.74) is 0.990. The Bertz CT molecular complexity index is 893. The van der Waals surface area contributed by atoms with Gasteiger partial charge in [0.2, 0.25) is 0 Å². The molecule has 3 aromatic rings. The average Bonchev–Trinajstić information content (AvgIpc) is 3.00. The molecule has 2 aromatic heterocycles. The van der Waals surface area contributed by atoms with Gasteiger partial charge in [-0.25, -0.2) is 14.2 Å². The first-order valence-corrected chi connectivity index (χ1v) is 7.26. The largest absolute Gasteiger partial charge is 0.451 e. The van der Waals surface area contributed by atoms with Crippen molar-refractivity contribution in [3.8, 4) is 0 Å². The summed E-state index contributed by atoms with van der Waals surface area (Å²) in [4.78, 5) is 27.8. The van der Waals surface area contributed by atoms with E-state index >= 15 is 0 Å². The van der Waals surface area contributed by atoms with Gasteiger partial charge >= 0.3 is 5.97 Å². The molecule has 0 radical (unpaired) electrons. The summed E-state index contributed by atoms with van der Waals surface area (Å²) in [5.74, 6) is -1.88. The van der Waals surface area contributed by atoms with Crippen molar-refractivity contribution in [1.82, 2.24) is 9.38 Å². The van der Waals surface area contributed by atoms with E-state index in [1.165, 1.54) is 18.3 Å². The van der Waals surface area contributed by atoms with Crippen molar-refractivity contribution in [2.75, 3.05) is 11.9 Å². The zero-order valence-electron chi connectivity index (χ0n) is 12.2. The summed E-state index contributed by atoms with van der Waals surface area (Å²) in [6, 6.07) is 9.06. The second kappa shape index (κ2) is 6.67. The molecule has 0 bridgehead atoms. The standard InChI is InChI=1S/C16H11ClFN3O3/c17-11-7-10(4-5-12(11)18)19-15(22)9-24-16(23)13-8-21-6-2-1-3-14(21)20-13/h1-8H,9H2,(H,19,22). The maximum atomic E-state index is 13.0. The monoisotopic (exact) mass is 347 g/mol. The summed E-state index contributed by atoms with van der Waals surface area (Å²) in [7, 11) is 0. The number of imidazole rings is 1. The first-order valence-electron chi connectivity index (χ1n) is 6.89. The molecule has 1 aromatic carbocycles. The Morgan fingerprint density at radius 1 is 1.29 bits per heavy atom. The molecule has 1 amide bonds. The number of aromatic nitrogens is 2. The topological polar surface area (TPSA) is 72.7 Å². The molecule has 0 aliphatic carbocycles. The fourth-order valence-corrected chi connectivity index (χ4v) is 2.19. The SMILES string of the molecule is O=C(COC(=O)c1cn2ccccc2n1)Nc1ccc(F)c(Cl)c1. The summed E-state index contributed by atoms with van der Waals surface area (Å²) >= 11 is 5.62. The second-order valence-corrected chi connectivity index (χ2v) is 5.25. The van der Waals surface area contributed by atoms with Crippen LogP contribution in [0.25, 0.3) is 5.65 Å². The third-order valence-electron chi connectivity index (χ3n) is 3.11. The van der Waals surface area contributed by atoms with Gasteiger partial charge in [-0.3, -0.25) is 4.79 Å². The van der Waals surface area contributed by atoms with Crippen molar-refractivity contribution in [2.45, 2.75) is 0 Å². The minimum absolute atomic E-state index is 0.0961. The van der Waals surface area contributed by atoms with E-state index in [2.05, 4.69) is 10.3 Å². The number of nitrogens with one attached hydrogen (secondary N) is 1. The van der Waals surface area contributed by atoms with Crippen LogP contribution in [0, 0.1) is 5.82 Å². The van der Waals surface area contributed by atoms with E-state index in [1.54, 1.807) is 28.8 Å². The number of halogens is 2. The summed E-state index contributed by atoms with van der Waals surface area (Å²) in [6.45, 7) is -0.498. The molecular weight excluding hydrogens is 337 g/mol. The first kappa shape index (κ1) is 15.9. The minimum atomic E-state index is -0.717.